The summed E-state index contributed by atoms with van der Waals surface area (Å²) < 4.78 is 6.22. The highest BCUT2D eigenvalue weighted by atomic mass is 79.9. The Bertz CT molecular complexity index is 631. The third kappa shape index (κ3) is 3.52. The number of hydrogen-bond acceptors (Lipinski definition) is 2. The topological polar surface area (TPSA) is 38.3 Å². The first-order valence-electron chi connectivity index (χ1n) is 6.10. The number of carbonyl (C=O) groups is 1. The molecule has 104 valence electrons. The van der Waals surface area contributed by atoms with Crippen molar-refractivity contribution >= 4 is 39.1 Å². The van der Waals surface area contributed by atoms with E-state index in [9.17, 15) is 4.79 Å². The third-order valence-corrected chi connectivity index (χ3v) is 3.53. The van der Waals surface area contributed by atoms with E-state index in [2.05, 4.69) is 21.2 Å². The van der Waals surface area contributed by atoms with Crippen LogP contribution in [0, 0.1) is 0 Å². The Labute approximate surface area is 131 Å². The van der Waals surface area contributed by atoms with Gasteiger partial charge >= 0.3 is 0 Å². The maximum Gasteiger partial charge on any atom is 0.259 e. The van der Waals surface area contributed by atoms with Gasteiger partial charge in [-0.25, -0.2) is 0 Å². The molecule has 20 heavy (non-hydrogen) atoms. The number of amides is 1. The normalized spacial score (nSPS) is 10.2. The lowest BCUT2D eigenvalue weighted by atomic mass is 10.2. The number of para-hydroxylation sites is 1. The smallest absolute Gasteiger partial charge is 0.259 e. The second kappa shape index (κ2) is 6.77. The van der Waals surface area contributed by atoms with Crippen molar-refractivity contribution in [1.29, 1.82) is 0 Å². The van der Waals surface area contributed by atoms with E-state index in [0.717, 1.165) is 4.47 Å². The molecule has 2 aromatic rings. The van der Waals surface area contributed by atoms with Crippen LogP contribution < -0.4 is 10.1 Å². The highest BCUT2D eigenvalue weighted by Gasteiger charge is 2.13. The fourth-order valence-electron chi connectivity index (χ4n) is 1.72. The maximum atomic E-state index is 12.3. The van der Waals surface area contributed by atoms with Crippen molar-refractivity contribution in [3.63, 3.8) is 0 Å². The van der Waals surface area contributed by atoms with Gasteiger partial charge in [0.25, 0.3) is 5.91 Å². The second-order valence-electron chi connectivity index (χ2n) is 4.01. The van der Waals surface area contributed by atoms with Gasteiger partial charge in [0.15, 0.2) is 0 Å². The Morgan fingerprint density at radius 3 is 2.80 bits per heavy atom. The molecule has 0 atom stereocenters. The number of benzene rings is 2. The van der Waals surface area contributed by atoms with Crippen molar-refractivity contribution in [2.75, 3.05) is 11.9 Å². The Balaban J connectivity index is 2.26. The van der Waals surface area contributed by atoms with Crippen LogP contribution in [0.4, 0.5) is 5.69 Å². The summed E-state index contributed by atoms with van der Waals surface area (Å²) in [6, 6.07) is 12.3. The maximum absolute atomic E-state index is 12.3. The average molecular weight is 355 g/mol. The lowest BCUT2D eigenvalue weighted by Crippen LogP contribution is -2.14. The van der Waals surface area contributed by atoms with Gasteiger partial charge in [0.05, 0.1) is 17.9 Å². The molecule has 5 heteroatoms. The molecule has 0 unspecified atom stereocenters. The Morgan fingerprint density at radius 2 is 2.05 bits per heavy atom. The Kier molecular flexibility index (Phi) is 5.04. The summed E-state index contributed by atoms with van der Waals surface area (Å²) in [5.41, 5.74) is 1.11. The molecule has 1 amide bonds. The molecule has 0 bridgehead atoms. The predicted octanol–water partition coefficient (Wildman–Crippen LogP) is 4.75. The minimum absolute atomic E-state index is 0.239. The van der Waals surface area contributed by atoms with Gasteiger partial charge in [-0.2, -0.15) is 0 Å². The van der Waals surface area contributed by atoms with Crippen molar-refractivity contribution in [3.8, 4) is 5.75 Å². The summed E-state index contributed by atoms with van der Waals surface area (Å²) in [6.07, 6.45) is 0. The zero-order valence-corrected chi connectivity index (χ0v) is 13.2. The number of rotatable bonds is 4. The van der Waals surface area contributed by atoms with Crippen LogP contribution in [0.2, 0.25) is 5.02 Å². The molecule has 0 saturated heterocycles. The molecule has 0 saturated carbocycles. The van der Waals surface area contributed by atoms with Gasteiger partial charge in [-0.1, -0.05) is 23.7 Å². The Hall–Kier alpha value is -1.52. The molecule has 0 spiro atoms. The quantitative estimate of drug-likeness (QED) is 0.860. The van der Waals surface area contributed by atoms with E-state index in [4.69, 9.17) is 16.3 Å². The summed E-state index contributed by atoms with van der Waals surface area (Å²) in [6.45, 7) is 2.38. The lowest BCUT2D eigenvalue weighted by Gasteiger charge is -2.11. The van der Waals surface area contributed by atoms with Gasteiger partial charge in [-0.05, 0) is 53.2 Å². The van der Waals surface area contributed by atoms with Crippen LogP contribution in [0.25, 0.3) is 0 Å². The van der Waals surface area contributed by atoms with E-state index >= 15 is 0 Å². The van der Waals surface area contributed by atoms with E-state index in [1.807, 2.05) is 13.0 Å². The zero-order chi connectivity index (χ0) is 14.5. The van der Waals surface area contributed by atoms with E-state index in [-0.39, 0.29) is 5.91 Å². The minimum Gasteiger partial charge on any atom is -0.493 e. The molecule has 0 radical (unpaired) electrons. The standard InChI is InChI=1S/C15H13BrClNO2/c1-2-20-14-6-4-3-5-11(14)15(19)18-13-9-10(17)7-8-12(13)16/h3-9H,2H2,1H3,(H,18,19). The number of nitrogens with one attached hydrogen (secondary N) is 1. The summed E-state index contributed by atoms with van der Waals surface area (Å²) in [4.78, 5) is 12.3. The second-order valence-corrected chi connectivity index (χ2v) is 5.30. The number of carbonyl (C=O) groups excluding carboxylic acids is 1. The first-order valence-corrected chi connectivity index (χ1v) is 7.27. The summed E-state index contributed by atoms with van der Waals surface area (Å²) in [7, 11) is 0. The van der Waals surface area contributed by atoms with Crippen LogP contribution in [0.15, 0.2) is 46.9 Å². The molecular weight excluding hydrogens is 342 g/mol. The van der Waals surface area contributed by atoms with Gasteiger partial charge < -0.3 is 10.1 Å². The van der Waals surface area contributed by atoms with E-state index < -0.39 is 0 Å². The lowest BCUT2D eigenvalue weighted by molar-refractivity contribution is 0.102. The number of halogens is 2. The largest absolute Gasteiger partial charge is 0.493 e. The zero-order valence-electron chi connectivity index (χ0n) is 10.8. The summed E-state index contributed by atoms with van der Waals surface area (Å²) in [5, 5.41) is 3.37. The molecule has 0 aromatic heterocycles. The molecular formula is C15H13BrClNO2. The van der Waals surface area contributed by atoms with Gasteiger partial charge in [0, 0.05) is 9.50 Å². The molecule has 0 aliphatic carbocycles. The Morgan fingerprint density at radius 1 is 1.30 bits per heavy atom. The van der Waals surface area contributed by atoms with Crippen molar-refractivity contribution < 1.29 is 9.53 Å². The SMILES string of the molecule is CCOc1ccccc1C(=O)Nc1cc(Cl)ccc1Br. The highest BCUT2D eigenvalue weighted by molar-refractivity contribution is 9.10. The van der Waals surface area contributed by atoms with Crippen LogP contribution in [0.1, 0.15) is 17.3 Å². The molecule has 0 heterocycles. The van der Waals surface area contributed by atoms with Crippen LogP contribution in [0.5, 0.6) is 5.75 Å². The van der Waals surface area contributed by atoms with Crippen LogP contribution in [-0.4, -0.2) is 12.5 Å². The van der Waals surface area contributed by atoms with E-state index in [1.54, 1.807) is 36.4 Å². The van der Waals surface area contributed by atoms with Crippen molar-refractivity contribution in [2.45, 2.75) is 6.92 Å². The van der Waals surface area contributed by atoms with E-state index in [0.29, 0.717) is 28.6 Å². The molecule has 0 aliphatic heterocycles. The van der Waals surface area contributed by atoms with Crippen molar-refractivity contribution in [2.24, 2.45) is 0 Å². The molecule has 0 fully saturated rings. The number of hydrogen-bond donors (Lipinski definition) is 1. The molecule has 3 nitrogen and oxygen atoms in total. The highest BCUT2D eigenvalue weighted by Crippen LogP contribution is 2.27. The van der Waals surface area contributed by atoms with Crippen molar-refractivity contribution in [3.05, 3.63) is 57.5 Å². The van der Waals surface area contributed by atoms with Crippen LogP contribution >= 0.6 is 27.5 Å². The van der Waals surface area contributed by atoms with Crippen LogP contribution in [-0.2, 0) is 0 Å². The number of ether oxygens (including phenoxy) is 1. The fourth-order valence-corrected chi connectivity index (χ4v) is 2.24. The van der Waals surface area contributed by atoms with Gasteiger partial charge in [-0.3, -0.25) is 4.79 Å². The average Bonchev–Trinajstić information content (AvgIpc) is 2.44. The fraction of sp³-hybridized carbons (Fsp3) is 0.133. The summed E-state index contributed by atoms with van der Waals surface area (Å²) in [5.74, 6) is 0.322. The predicted molar refractivity (Wildman–Crippen MR) is 84.7 cm³/mol. The first kappa shape index (κ1) is 14.9. The van der Waals surface area contributed by atoms with E-state index in [1.165, 1.54) is 0 Å². The monoisotopic (exact) mass is 353 g/mol. The van der Waals surface area contributed by atoms with Gasteiger partial charge in [-0.15, -0.1) is 0 Å². The summed E-state index contributed by atoms with van der Waals surface area (Å²) >= 11 is 9.31. The molecule has 2 rings (SSSR count). The van der Waals surface area contributed by atoms with Gasteiger partial charge in [0.2, 0.25) is 0 Å². The molecule has 1 N–H and O–H groups in total. The minimum atomic E-state index is -0.239. The first-order chi connectivity index (χ1) is 9.61. The van der Waals surface area contributed by atoms with Crippen LogP contribution in [0.3, 0.4) is 0 Å². The van der Waals surface area contributed by atoms with Crippen molar-refractivity contribution in [1.82, 2.24) is 0 Å². The molecule has 2 aromatic carbocycles. The van der Waals surface area contributed by atoms with Gasteiger partial charge in [0.1, 0.15) is 5.75 Å². The number of anilines is 1. The molecule has 0 aliphatic rings. The third-order valence-electron chi connectivity index (χ3n) is 2.61.